The van der Waals surface area contributed by atoms with E-state index in [0.717, 1.165) is 0 Å². The quantitative estimate of drug-likeness (QED) is 0.656. The number of nitrogens with zero attached hydrogens (tertiary/aromatic N) is 1. The van der Waals surface area contributed by atoms with Crippen LogP contribution in [0, 0.1) is 6.85 Å². The van der Waals surface area contributed by atoms with Crippen molar-refractivity contribution in [3.63, 3.8) is 0 Å². The smallest absolute Gasteiger partial charge is 0.303 e. The highest BCUT2D eigenvalue weighted by molar-refractivity contribution is 6.31. The van der Waals surface area contributed by atoms with Crippen LogP contribution in [0.5, 0.6) is 0 Å². The van der Waals surface area contributed by atoms with Gasteiger partial charge >= 0.3 is 5.97 Å². The Balaban J connectivity index is 2.82. The van der Waals surface area contributed by atoms with Crippen molar-refractivity contribution in [2.45, 2.75) is 19.7 Å². The number of rotatable bonds is 4. The number of hydrogen-bond acceptors (Lipinski definition) is 4. The highest BCUT2D eigenvalue weighted by Crippen LogP contribution is 2.25. The maximum atomic E-state index is 12.5. The van der Waals surface area contributed by atoms with E-state index in [0.29, 0.717) is 0 Å². The van der Waals surface area contributed by atoms with Crippen molar-refractivity contribution < 1.29 is 30.8 Å². The van der Waals surface area contributed by atoms with Crippen LogP contribution in [0.3, 0.4) is 0 Å². The number of aliphatic hydroxyl groups is 1. The van der Waals surface area contributed by atoms with Gasteiger partial charge in [0.15, 0.2) is 0 Å². The van der Waals surface area contributed by atoms with Crippen molar-refractivity contribution in [3.8, 4) is 0 Å². The van der Waals surface area contributed by atoms with Crippen molar-refractivity contribution in [2.75, 3.05) is 0 Å². The molecule has 1 aromatic rings. The Morgan fingerprint density at radius 3 is 2.86 bits per heavy atom. The first-order valence-electron chi connectivity index (χ1n) is 9.95. The van der Waals surface area contributed by atoms with Gasteiger partial charge in [0.2, 0.25) is 5.78 Å². The number of aliphatic carboxylic acids is 1. The molecule has 0 aliphatic carbocycles. The number of carboxylic acid groups (broad SMARTS) is 1. The minimum atomic E-state index is -3.04. The molecule has 22 heavy (non-hydrogen) atoms. The molecule has 0 spiro atoms. The van der Waals surface area contributed by atoms with Crippen molar-refractivity contribution >= 4 is 35.1 Å². The third kappa shape index (κ3) is 3.62. The molecule has 114 valence electrons. The van der Waals surface area contributed by atoms with E-state index < -0.39 is 95.0 Å². The summed E-state index contributed by atoms with van der Waals surface area (Å²) in [6, 6.07) is -3.34. The summed E-state index contributed by atoms with van der Waals surface area (Å²) in [5.74, 6) is -3.26. The zero-order chi connectivity index (χ0) is 23.1. The molecule has 0 radical (unpaired) electrons. The van der Waals surface area contributed by atoms with Gasteiger partial charge in [0, 0.05) is 27.3 Å². The van der Waals surface area contributed by atoms with Crippen LogP contribution in [0.25, 0.3) is 5.57 Å². The second-order valence-electron chi connectivity index (χ2n) is 4.18. The molecule has 1 aromatic carbocycles. The minimum absolute atomic E-state index is 0.490. The van der Waals surface area contributed by atoms with Gasteiger partial charge in [0.25, 0.3) is 0 Å². The second-order valence-corrected chi connectivity index (χ2v) is 4.56. The van der Waals surface area contributed by atoms with Gasteiger partial charge in [0.1, 0.15) is 11.5 Å². The maximum absolute atomic E-state index is 12.5. The molecule has 5 nitrogen and oxygen atoms in total. The predicted molar refractivity (Wildman–Crippen MR) is 84.2 cm³/mol. The molecule has 0 amide bonds. The van der Waals surface area contributed by atoms with E-state index in [1.807, 2.05) is 0 Å². The van der Waals surface area contributed by atoms with Crippen LogP contribution in [0.1, 0.15) is 34.9 Å². The first kappa shape index (κ1) is 8.29. The number of dihydropyridines is 1. The highest BCUT2D eigenvalue weighted by atomic mass is 35.5. The number of aliphatic hydroxyl groups excluding tert-OH is 1. The zero-order valence-corrected chi connectivity index (χ0v) is 11.7. The first-order chi connectivity index (χ1) is 13.7. The summed E-state index contributed by atoms with van der Waals surface area (Å²) in [7, 11) is 0. The Bertz CT molecular complexity index is 1060. The summed E-state index contributed by atoms with van der Waals surface area (Å²) in [5, 5.41) is 18.0. The van der Waals surface area contributed by atoms with Crippen LogP contribution in [-0.2, 0) is 9.59 Å². The van der Waals surface area contributed by atoms with Crippen LogP contribution in [-0.4, -0.2) is 28.2 Å². The van der Waals surface area contributed by atoms with Crippen molar-refractivity contribution in [3.05, 3.63) is 51.8 Å². The molecule has 2 N–H and O–H groups in total. The molecule has 0 bridgehead atoms. The minimum Gasteiger partial charge on any atom is -0.510 e. The largest absolute Gasteiger partial charge is 0.510 e. The van der Waals surface area contributed by atoms with Gasteiger partial charge in [-0.1, -0.05) is 17.6 Å². The first-order valence-corrected chi connectivity index (χ1v) is 6.33. The summed E-state index contributed by atoms with van der Waals surface area (Å²) in [6.45, 7) is -3.04. The molecule has 0 unspecified atom stereocenters. The van der Waals surface area contributed by atoms with E-state index >= 15 is 0 Å². The van der Waals surface area contributed by atoms with E-state index in [1.165, 1.54) is 0 Å². The van der Waals surface area contributed by atoms with Crippen LogP contribution in [0.4, 0.5) is 0 Å². The number of carbonyl (C=O) groups is 2. The van der Waals surface area contributed by atoms with E-state index in [-0.39, 0.29) is 0 Å². The number of ketones is 1. The van der Waals surface area contributed by atoms with Crippen LogP contribution in [0.2, 0.25) is 5.02 Å². The summed E-state index contributed by atoms with van der Waals surface area (Å²) in [5.41, 5.74) is -2.94. The van der Waals surface area contributed by atoms with E-state index in [9.17, 15) is 14.7 Å². The van der Waals surface area contributed by atoms with E-state index in [1.54, 1.807) is 0 Å². The van der Waals surface area contributed by atoms with Crippen LogP contribution < -0.4 is 0 Å². The van der Waals surface area contributed by atoms with Gasteiger partial charge in [-0.05, 0) is 36.1 Å². The van der Waals surface area contributed by atoms with Gasteiger partial charge in [-0.2, -0.15) is 0 Å². The fraction of sp³-hybridized carbons (Fsp3) is 0.188. The van der Waals surface area contributed by atoms with E-state index in [2.05, 4.69) is 4.99 Å². The van der Waals surface area contributed by atoms with Crippen molar-refractivity contribution in [2.24, 2.45) is 4.99 Å². The average Bonchev–Trinajstić information content (AvgIpc) is 2.63. The molecule has 2 rings (SSSR count). The van der Waals surface area contributed by atoms with Crippen molar-refractivity contribution in [1.82, 2.24) is 0 Å². The lowest BCUT2D eigenvalue weighted by Crippen LogP contribution is -2.09. The molecular weight excluding hydrogens is 306 g/mol. The Morgan fingerprint density at radius 2 is 2.18 bits per heavy atom. The SMILES string of the molecule is [2H]C1=NC(=C(O)CCC(=O)O)C(=O)C([2H])=C1c1c([2H])c(Cl)c([2H])c([2H])c1C([2H])([2H])[2H]. The molecule has 0 atom stereocenters. The summed E-state index contributed by atoms with van der Waals surface area (Å²) < 4.78 is 62.9. The second kappa shape index (κ2) is 6.58. The van der Waals surface area contributed by atoms with Gasteiger partial charge in [-0.15, -0.1) is 0 Å². The van der Waals surface area contributed by atoms with Crippen LogP contribution >= 0.6 is 11.6 Å². The number of hydrogen-bond donors (Lipinski definition) is 2. The Morgan fingerprint density at radius 1 is 1.41 bits per heavy atom. The lowest BCUT2D eigenvalue weighted by atomic mass is 9.98. The fourth-order valence-electron chi connectivity index (χ4n) is 1.59. The summed E-state index contributed by atoms with van der Waals surface area (Å²) in [4.78, 5) is 26.7. The monoisotopic (exact) mass is 327 g/mol. The van der Waals surface area contributed by atoms with Crippen LogP contribution in [0.15, 0.2) is 40.6 Å². The normalized spacial score (nSPS) is 23.1. The summed E-state index contributed by atoms with van der Waals surface area (Å²) in [6.07, 6.45) is -1.89. The number of carboxylic acids is 1. The molecule has 0 fully saturated rings. The maximum Gasteiger partial charge on any atom is 0.303 e. The topological polar surface area (TPSA) is 87.0 Å². The lowest BCUT2D eigenvalue weighted by molar-refractivity contribution is -0.137. The third-order valence-corrected chi connectivity index (χ3v) is 2.80. The van der Waals surface area contributed by atoms with Gasteiger partial charge < -0.3 is 10.2 Å². The van der Waals surface area contributed by atoms with Gasteiger partial charge in [-0.3, -0.25) is 9.59 Å². The summed E-state index contributed by atoms with van der Waals surface area (Å²) >= 11 is 5.86. The van der Waals surface area contributed by atoms with Gasteiger partial charge in [0.05, 0.1) is 13.3 Å². The number of benzene rings is 1. The highest BCUT2D eigenvalue weighted by Gasteiger charge is 2.19. The number of allylic oxidation sites excluding steroid dienone is 3. The molecule has 0 saturated heterocycles. The number of aliphatic imine (C=N–C) groups is 1. The Hall–Kier alpha value is -2.40. The Kier molecular flexibility index (Phi) is 2.48. The molecule has 6 heteroatoms. The Labute approximate surface area is 143 Å². The predicted octanol–water partition coefficient (Wildman–Crippen LogP) is 3.32. The molecular formula is C16H14ClNO4. The number of halogens is 1. The average molecular weight is 328 g/mol. The molecule has 0 saturated carbocycles. The van der Waals surface area contributed by atoms with E-state index in [4.69, 9.17) is 27.7 Å². The number of carbonyl (C=O) groups excluding carboxylic acids is 1. The fourth-order valence-corrected chi connectivity index (χ4v) is 1.73. The molecule has 0 aromatic heterocycles. The van der Waals surface area contributed by atoms with Gasteiger partial charge in [-0.25, -0.2) is 4.99 Å². The lowest BCUT2D eigenvalue weighted by Gasteiger charge is -2.12. The molecule has 1 heterocycles. The third-order valence-electron chi connectivity index (χ3n) is 2.61. The zero-order valence-electron chi connectivity index (χ0n) is 19.0. The molecule has 1 aliphatic heterocycles. The molecule has 1 aliphatic rings. The standard InChI is InChI=1S/C16H14ClNO4/c1-9-2-3-11(17)7-12(9)10-6-14(20)16(18-8-10)13(19)4-5-15(21)22/h2-3,6-8,19H,4-5H2,1H3,(H,21,22)/i1D3,2D,3D,6D,7D,8D. The van der Waals surface area contributed by atoms with Crippen molar-refractivity contribution in [1.29, 1.82) is 0 Å².